The number of nitrogens with zero attached hydrogens (tertiary/aromatic N) is 2. The number of rotatable bonds is 5. The van der Waals surface area contributed by atoms with Crippen molar-refractivity contribution in [3.8, 4) is 6.07 Å². The van der Waals surface area contributed by atoms with Crippen LogP contribution in [-0.4, -0.2) is 35.7 Å². The molecule has 0 fully saturated rings. The van der Waals surface area contributed by atoms with Gasteiger partial charge in [0.2, 0.25) is 0 Å². The molecule has 0 atom stereocenters. The molecule has 12 heavy (non-hydrogen) atoms. The van der Waals surface area contributed by atoms with Crippen LogP contribution < -0.4 is 0 Å². The molecule has 0 unspecified atom stereocenters. The van der Waals surface area contributed by atoms with E-state index in [1.54, 1.807) is 0 Å². The standard InChI is InChI=1S/C9H18N2O/c1-4-9(12,5-2)8-11(3)7-6-10/h12H,4-5,7-8H2,1-3H3. The summed E-state index contributed by atoms with van der Waals surface area (Å²) < 4.78 is 0. The van der Waals surface area contributed by atoms with Gasteiger partial charge in [0.15, 0.2) is 0 Å². The molecule has 1 N–H and O–H groups in total. The number of hydrogen-bond donors (Lipinski definition) is 1. The molecule has 0 rings (SSSR count). The minimum absolute atomic E-state index is 0.377. The van der Waals surface area contributed by atoms with Crippen LogP contribution in [0.25, 0.3) is 0 Å². The summed E-state index contributed by atoms with van der Waals surface area (Å²) in [6.07, 6.45) is 1.47. The van der Waals surface area contributed by atoms with E-state index in [2.05, 4.69) is 6.07 Å². The van der Waals surface area contributed by atoms with Gasteiger partial charge in [-0.3, -0.25) is 4.90 Å². The van der Waals surface area contributed by atoms with Gasteiger partial charge in [-0.1, -0.05) is 13.8 Å². The number of likely N-dealkylation sites (N-methyl/N-ethyl adjacent to an activating group) is 1. The lowest BCUT2D eigenvalue weighted by atomic mass is 9.97. The highest BCUT2D eigenvalue weighted by Crippen LogP contribution is 2.15. The molecule has 3 nitrogen and oxygen atoms in total. The molecule has 0 aromatic rings. The van der Waals surface area contributed by atoms with Crippen LogP contribution in [-0.2, 0) is 0 Å². The Balaban J connectivity index is 3.95. The largest absolute Gasteiger partial charge is 0.389 e. The zero-order valence-corrected chi connectivity index (χ0v) is 8.17. The maximum atomic E-state index is 9.87. The molecule has 0 bridgehead atoms. The summed E-state index contributed by atoms with van der Waals surface area (Å²) in [4.78, 5) is 1.84. The first-order chi connectivity index (χ1) is 5.58. The van der Waals surface area contributed by atoms with Crippen molar-refractivity contribution in [2.75, 3.05) is 20.1 Å². The lowest BCUT2D eigenvalue weighted by Gasteiger charge is -2.29. The van der Waals surface area contributed by atoms with Crippen molar-refractivity contribution in [1.82, 2.24) is 4.90 Å². The monoisotopic (exact) mass is 170 g/mol. The van der Waals surface area contributed by atoms with E-state index in [1.165, 1.54) is 0 Å². The topological polar surface area (TPSA) is 47.3 Å². The second-order valence-corrected chi connectivity index (χ2v) is 3.26. The summed E-state index contributed by atoms with van der Waals surface area (Å²) in [5.41, 5.74) is -0.619. The highest BCUT2D eigenvalue weighted by atomic mass is 16.3. The Kier molecular flexibility index (Phi) is 4.87. The summed E-state index contributed by atoms with van der Waals surface area (Å²) in [5.74, 6) is 0. The lowest BCUT2D eigenvalue weighted by Crippen LogP contribution is -2.40. The second kappa shape index (κ2) is 5.13. The Hall–Kier alpha value is -0.590. The molecule has 0 aliphatic rings. The van der Waals surface area contributed by atoms with Gasteiger partial charge in [-0.05, 0) is 19.9 Å². The SMILES string of the molecule is CCC(O)(CC)CN(C)CC#N. The minimum atomic E-state index is -0.619. The van der Waals surface area contributed by atoms with E-state index in [4.69, 9.17) is 5.26 Å². The molecule has 0 saturated heterocycles. The summed E-state index contributed by atoms with van der Waals surface area (Å²) in [5, 5.41) is 18.3. The molecular formula is C9H18N2O. The van der Waals surface area contributed by atoms with E-state index in [1.807, 2.05) is 25.8 Å². The molecule has 0 amide bonds. The Morgan fingerprint density at radius 2 is 1.92 bits per heavy atom. The molecule has 0 aliphatic carbocycles. The number of nitriles is 1. The van der Waals surface area contributed by atoms with E-state index in [0.717, 1.165) is 12.8 Å². The van der Waals surface area contributed by atoms with Crippen LogP contribution in [0.4, 0.5) is 0 Å². The predicted octanol–water partition coefficient (Wildman–Crippen LogP) is 0.993. The van der Waals surface area contributed by atoms with Gasteiger partial charge in [0.1, 0.15) is 0 Å². The summed E-state index contributed by atoms with van der Waals surface area (Å²) in [6.45, 7) is 4.88. The maximum Gasteiger partial charge on any atom is 0.0864 e. The van der Waals surface area contributed by atoms with Gasteiger partial charge in [0, 0.05) is 6.54 Å². The van der Waals surface area contributed by atoms with Crippen molar-refractivity contribution in [2.24, 2.45) is 0 Å². The normalized spacial score (nSPS) is 11.7. The Morgan fingerprint density at radius 1 is 1.42 bits per heavy atom. The van der Waals surface area contributed by atoms with Crippen molar-refractivity contribution in [2.45, 2.75) is 32.3 Å². The lowest BCUT2D eigenvalue weighted by molar-refractivity contribution is 0.00593. The summed E-state index contributed by atoms with van der Waals surface area (Å²) in [6, 6.07) is 2.05. The van der Waals surface area contributed by atoms with Crippen LogP contribution in [0.3, 0.4) is 0 Å². The molecule has 0 heterocycles. The highest BCUT2D eigenvalue weighted by Gasteiger charge is 2.23. The van der Waals surface area contributed by atoms with Crippen LogP contribution in [0.5, 0.6) is 0 Å². The molecule has 0 aromatic heterocycles. The van der Waals surface area contributed by atoms with Crippen LogP contribution in [0.1, 0.15) is 26.7 Å². The van der Waals surface area contributed by atoms with Gasteiger partial charge in [0.05, 0.1) is 18.2 Å². The fourth-order valence-electron chi connectivity index (χ4n) is 1.15. The van der Waals surface area contributed by atoms with Gasteiger partial charge >= 0.3 is 0 Å². The molecule has 0 saturated carbocycles. The van der Waals surface area contributed by atoms with Crippen LogP contribution in [0, 0.1) is 11.3 Å². The van der Waals surface area contributed by atoms with Crippen LogP contribution in [0.15, 0.2) is 0 Å². The highest BCUT2D eigenvalue weighted by molar-refractivity contribution is 4.82. The first-order valence-corrected chi connectivity index (χ1v) is 4.36. The second-order valence-electron chi connectivity index (χ2n) is 3.26. The number of aliphatic hydroxyl groups is 1. The zero-order valence-electron chi connectivity index (χ0n) is 8.17. The Morgan fingerprint density at radius 3 is 2.25 bits per heavy atom. The first kappa shape index (κ1) is 11.4. The van der Waals surface area contributed by atoms with E-state index in [9.17, 15) is 5.11 Å². The molecule has 0 aromatic carbocycles. The van der Waals surface area contributed by atoms with E-state index in [-0.39, 0.29) is 0 Å². The van der Waals surface area contributed by atoms with Gasteiger partial charge in [-0.25, -0.2) is 0 Å². The van der Waals surface area contributed by atoms with Crippen molar-refractivity contribution < 1.29 is 5.11 Å². The third kappa shape index (κ3) is 3.70. The summed E-state index contributed by atoms with van der Waals surface area (Å²) in [7, 11) is 1.85. The van der Waals surface area contributed by atoms with Gasteiger partial charge < -0.3 is 5.11 Å². The van der Waals surface area contributed by atoms with E-state index < -0.39 is 5.60 Å². The fourth-order valence-corrected chi connectivity index (χ4v) is 1.15. The van der Waals surface area contributed by atoms with E-state index >= 15 is 0 Å². The smallest absolute Gasteiger partial charge is 0.0864 e. The quantitative estimate of drug-likeness (QED) is 0.626. The van der Waals surface area contributed by atoms with Crippen LogP contribution in [0.2, 0.25) is 0 Å². The fraction of sp³-hybridized carbons (Fsp3) is 0.889. The van der Waals surface area contributed by atoms with Crippen molar-refractivity contribution >= 4 is 0 Å². The number of hydrogen-bond acceptors (Lipinski definition) is 3. The van der Waals surface area contributed by atoms with Crippen molar-refractivity contribution in [1.29, 1.82) is 5.26 Å². The minimum Gasteiger partial charge on any atom is -0.389 e. The Bertz CT molecular complexity index is 158. The van der Waals surface area contributed by atoms with Crippen LogP contribution >= 0.6 is 0 Å². The average molecular weight is 170 g/mol. The summed E-state index contributed by atoms with van der Waals surface area (Å²) >= 11 is 0. The third-order valence-electron chi connectivity index (χ3n) is 2.22. The van der Waals surface area contributed by atoms with E-state index in [0.29, 0.717) is 13.1 Å². The van der Waals surface area contributed by atoms with Gasteiger partial charge in [0.25, 0.3) is 0 Å². The molecule has 3 heteroatoms. The maximum absolute atomic E-state index is 9.87. The first-order valence-electron chi connectivity index (χ1n) is 4.36. The average Bonchev–Trinajstić information content (AvgIpc) is 2.05. The molecule has 70 valence electrons. The molecule has 0 aliphatic heterocycles. The molecule has 0 radical (unpaired) electrons. The predicted molar refractivity (Wildman–Crippen MR) is 48.6 cm³/mol. The van der Waals surface area contributed by atoms with Gasteiger partial charge in [-0.15, -0.1) is 0 Å². The Labute approximate surface area is 74.6 Å². The zero-order chi connectivity index (χ0) is 9.61. The van der Waals surface area contributed by atoms with Gasteiger partial charge in [-0.2, -0.15) is 5.26 Å². The van der Waals surface area contributed by atoms with Crippen molar-refractivity contribution in [3.05, 3.63) is 0 Å². The third-order valence-corrected chi connectivity index (χ3v) is 2.22. The van der Waals surface area contributed by atoms with Crippen molar-refractivity contribution in [3.63, 3.8) is 0 Å². The molecular weight excluding hydrogens is 152 g/mol. The molecule has 0 spiro atoms.